The van der Waals surface area contributed by atoms with E-state index in [1.165, 1.54) is 32.2 Å². The lowest BCUT2D eigenvalue weighted by Gasteiger charge is -2.38. The molecule has 1 N–H and O–H groups in total. The molecule has 2 saturated carbocycles. The Bertz CT molecular complexity index is 317. The molecule has 0 aromatic carbocycles. The predicted octanol–water partition coefficient (Wildman–Crippen LogP) is 5.11. The van der Waals surface area contributed by atoms with Gasteiger partial charge in [0.1, 0.15) is 0 Å². The Hall–Kier alpha value is -0.0400. The van der Waals surface area contributed by atoms with Crippen molar-refractivity contribution in [3.8, 4) is 0 Å². The van der Waals surface area contributed by atoms with Crippen molar-refractivity contribution in [2.24, 2.45) is 34.5 Å². The van der Waals surface area contributed by atoms with Crippen molar-refractivity contribution in [3.63, 3.8) is 0 Å². The van der Waals surface area contributed by atoms with Crippen LogP contribution in [-0.2, 0) is 0 Å². The van der Waals surface area contributed by atoms with E-state index in [1.54, 1.807) is 0 Å². The van der Waals surface area contributed by atoms with Crippen LogP contribution in [0.15, 0.2) is 0 Å². The topological polar surface area (TPSA) is 12.0 Å². The molecular weight excluding hydrogens is 242 g/mol. The Morgan fingerprint density at radius 2 is 1.60 bits per heavy atom. The van der Waals surface area contributed by atoms with Crippen molar-refractivity contribution in [2.45, 2.75) is 80.2 Å². The zero-order valence-corrected chi connectivity index (χ0v) is 14.9. The molecule has 118 valence electrons. The molecule has 0 bridgehead atoms. The van der Waals surface area contributed by atoms with E-state index >= 15 is 0 Å². The van der Waals surface area contributed by atoms with Crippen LogP contribution in [0.2, 0.25) is 0 Å². The zero-order valence-electron chi connectivity index (χ0n) is 14.9. The number of nitrogens with one attached hydrogen (secondary N) is 1. The average molecular weight is 280 g/mol. The van der Waals surface area contributed by atoms with E-state index in [0.717, 1.165) is 29.7 Å². The lowest BCUT2D eigenvalue weighted by molar-refractivity contribution is 0.151. The van der Waals surface area contributed by atoms with Gasteiger partial charge < -0.3 is 5.32 Å². The SMILES string of the molecule is CCCNC(C1CCC(C)C(C)C1)C1C(C)(C)C1(C)C. The molecule has 0 spiro atoms. The fraction of sp³-hybridized carbons (Fsp3) is 1.00. The van der Waals surface area contributed by atoms with Crippen molar-refractivity contribution in [2.75, 3.05) is 6.54 Å². The van der Waals surface area contributed by atoms with E-state index in [9.17, 15) is 0 Å². The Morgan fingerprint density at radius 1 is 1.00 bits per heavy atom. The molecular formula is C19H37N. The molecule has 0 heterocycles. The van der Waals surface area contributed by atoms with Crippen LogP contribution in [0.5, 0.6) is 0 Å². The molecule has 2 rings (SSSR count). The summed E-state index contributed by atoms with van der Waals surface area (Å²) in [7, 11) is 0. The summed E-state index contributed by atoms with van der Waals surface area (Å²) >= 11 is 0. The van der Waals surface area contributed by atoms with Crippen LogP contribution in [0, 0.1) is 34.5 Å². The monoisotopic (exact) mass is 279 g/mol. The van der Waals surface area contributed by atoms with Gasteiger partial charge in [0.25, 0.3) is 0 Å². The summed E-state index contributed by atoms with van der Waals surface area (Å²) in [5.41, 5.74) is 1.01. The molecule has 1 nitrogen and oxygen atoms in total. The second kappa shape index (κ2) is 5.63. The minimum atomic E-state index is 0.505. The summed E-state index contributed by atoms with van der Waals surface area (Å²) in [6.45, 7) is 18.3. The van der Waals surface area contributed by atoms with Gasteiger partial charge in [-0.25, -0.2) is 0 Å². The maximum atomic E-state index is 3.95. The van der Waals surface area contributed by atoms with Gasteiger partial charge in [-0.3, -0.25) is 0 Å². The molecule has 20 heavy (non-hydrogen) atoms. The van der Waals surface area contributed by atoms with Crippen molar-refractivity contribution in [1.29, 1.82) is 0 Å². The van der Waals surface area contributed by atoms with E-state index in [0.29, 0.717) is 10.8 Å². The van der Waals surface area contributed by atoms with Crippen LogP contribution < -0.4 is 5.32 Å². The summed E-state index contributed by atoms with van der Waals surface area (Å²) < 4.78 is 0. The first-order chi connectivity index (χ1) is 9.23. The minimum absolute atomic E-state index is 0.505. The first-order valence-corrected chi connectivity index (χ1v) is 8.96. The predicted molar refractivity (Wildman–Crippen MR) is 88.8 cm³/mol. The number of rotatable bonds is 5. The highest BCUT2D eigenvalue weighted by molar-refractivity contribution is 5.17. The van der Waals surface area contributed by atoms with E-state index in [2.05, 4.69) is 53.8 Å². The second-order valence-corrected chi connectivity index (χ2v) is 8.93. The van der Waals surface area contributed by atoms with E-state index in [1.807, 2.05) is 0 Å². The van der Waals surface area contributed by atoms with Crippen molar-refractivity contribution >= 4 is 0 Å². The van der Waals surface area contributed by atoms with Gasteiger partial charge in [-0.2, -0.15) is 0 Å². The Balaban J connectivity index is 2.09. The summed E-state index contributed by atoms with van der Waals surface area (Å²) in [6, 6.07) is 0.745. The summed E-state index contributed by atoms with van der Waals surface area (Å²) in [5, 5.41) is 3.95. The number of hydrogen-bond acceptors (Lipinski definition) is 1. The fourth-order valence-electron chi connectivity index (χ4n) is 4.93. The molecule has 0 amide bonds. The van der Waals surface area contributed by atoms with Gasteiger partial charge in [-0.1, -0.05) is 54.9 Å². The van der Waals surface area contributed by atoms with Gasteiger partial charge in [0.05, 0.1) is 0 Å². The summed E-state index contributed by atoms with van der Waals surface area (Å²) in [6.07, 6.45) is 5.56. The van der Waals surface area contributed by atoms with Crippen LogP contribution >= 0.6 is 0 Å². The average Bonchev–Trinajstić information content (AvgIpc) is 2.76. The minimum Gasteiger partial charge on any atom is -0.313 e. The molecule has 0 saturated heterocycles. The molecule has 4 unspecified atom stereocenters. The summed E-state index contributed by atoms with van der Waals surface area (Å²) in [5.74, 6) is 3.59. The standard InChI is InChI=1S/C19H37N/c1-8-11-20-16(17-18(4,5)19(17,6)7)15-10-9-13(2)14(3)12-15/h13-17,20H,8-12H2,1-7H3. The Morgan fingerprint density at radius 3 is 2.05 bits per heavy atom. The molecule has 4 atom stereocenters. The molecule has 2 aliphatic rings. The van der Waals surface area contributed by atoms with Gasteiger partial charge in [-0.15, -0.1) is 0 Å². The fourth-order valence-corrected chi connectivity index (χ4v) is 4.93. The molecule has 0 aromatic heterocycles. The van der Waals surface area contributed by atoms with Crippen LogP contribution in [-0.4, -0.2) is 12.6 Å². The third kappa shape index (κ3) is 2.67. The van der Waals surface area contributed by atoms with Crippen molar-refractivity contribution in [1.82, 2.24) is 5.32 Å². The normalized spacial score (nSPS) is 37.6. The smallest absolute Gasteiger partial charge is 0.0134 e. The molecule has 2 aliphatic carbocycles. The first kappa shape index (κ1) is 16.3. The van der Waals surface area contributed by atoms with Gasteiger partial charge in [-0.05, 0) is 60.3 Å². The van der Waals surface area contributed by atoms with Crippen molar-refractivity contribution < 1.29 is 0 Å². The van der Waals surface area contributed by atoms with Gasteiger partial charge in [0.15, 0.2) is 0 Å². The van der Waals surface area contributed by atoms with Crippen LogP contribution in [0.1, 0.15) is 74.1 Å². The maximum absolute atomic E-state index is 3.95. The third-order valence-electron chi connectivity index (χ3n) is 7.27. The molecule has 0 radical (unpaired) electrons. The highest BCUT2D eigenvalue weighted by atomic mass is 15.0. The highest BCUT2D eigenvalue weighted by Gasteiger charge is 2.67. The quantitative estimate of drug-likeness (QED) is 0.737. The second-order valence-electron chi connectivity index (χ2n) is 8.93. The molecule has 0 aliphatic heterocycles. The van der Waals surface area contributed by atoms with Crippen LogP contribution in [0.25, 0.3) is 0 Å². The number of hydrogen-bond donors (Lipinski definition) is 1. The van der Waals surface area contributed by atoms with Gasteiger partial charge >= 0.3 is 0 Å². The zero-order chi connectivity index (χ0) is 15.1. The molecule has 1 heteroatoms. The maximum Gasteiger partial charge on any atom is 0.0134 e. The van der Waals surface area contributed by atoms with E-state index < -0.39 is 0 Å². The highest BCUT2D eigenvalue weighted by Crippen LogP contribution is 2.70. The summed E-state index contributed by atoms with van der Waals surface area (Å²) in [4.78, 5) is 0. The van der Waals surface area contributed by atoms with Gasteiger partial charge in [0, 0.05) is 6.04 Å². The van der Waals surface area contributed by atoms with E-state index in [-0.39, 0.29) is 0 Å². The van der Waals surface area contributed by atoms with E-state index in [4.69, 9.17) is 0 Å². The Labute approximate surface area is 127 Å². The van der Waals surface area contributed by atoms with Crippen LogP contribution in [0.4, 0.5) is 0 Å². The third-order valence-corrected chi connectivity index (χ3v) is 7.27. The molecule has 2 fully saturated rings. The lowest BCUT2D eigenvalue weighted by Crippen LogP contribution is -2.43. The first-order valence-electron chi connectivity index (χ1n) is 8.96. The lowest BCUT2D eigenvalue weighted by atomic mass is 9.71. The largest absolute Gasteiger partial charge is 0.313 e. The van der Waals surface area contributed by atoms with Crippen LogP contribution in [0.3, 0.4) is 0 Å². The van der Waals surface area contributed by atoms with Gasteiger partial charge in [0.2, 0.25) is 0 Å². The molecule has 0 aromatic rings. The van der Waals surface area contributed by atoms with Crippen molar-refractivity contribution in [3.05, 3.63) is 0 Å². The Kier molecular flexibility index (Phi) is 4.60.